The van der Waals surface area contributed by atoms with Gasteiger partial charge in [-0.05, 0) is 48.5 Å². The minimum Gasteiger partial charge on any atom is -0.434 e. The van der Waals surface area contributed by atoms with E-state index in [4.69, 9.17) is 9.15 Å². The van der Waals surface area contributed by atoms with E-state index < -0.39 is 12.0 Å². The van der Waals surface area contributed by atoms with Gasteiger partial charge in [-0.2, -0.15) is 4.98 Å². The highest BCUT2D eigenvalue weighted by Gasteiger charge is 2.24. The summed E-state index contributed by atoms with van der Waals surface area (Å²) in [6.07, 6.45) is 0.832. The van der Waals surface area contributed by atoms with Crippen molar-refractivity contribution in [3.05, 3.63) is 72.4 Å². The van der Waals surface area contributed by atoms with Crippen LogP contribution in [0, 0.1) is 0 Å². The molecule has 4 rings (SSSR count). The third-order valence-corrected chi connectivity index (χ3v) is 4.13. The normalized spacial score (nSPS) is 11.4. The molecule has 8 heteroatoms. The lowest BCUT2D eigenvalue weighted by molar-refractivity contribution is 0.0174. The number of alkyl halides is 2. The van der Waals surface area contributed by atoms with Gasteiger partial charge < -0.3 is 9.15 Å². The molecule has 0 fully saturated rings. The van der Waals surface area contributed by atoms with Crippen LogP contribution in [0.3, 0.4) is 0 Å². The van der Waals surface area contributed by atoms with E-state index in [9.17, 15) is 13.6 Å². The van der Waals surface area contributed by atoms with Crippen LogP contribution in [-0.2, 0) is 5.92 Å². The van der Waals surface area contributed by atoms with Crippen LogP contribution in [-0.4, -0.2) is 16.1 Å². The van der Waals surface area contributed by atoms with Gasteiger partial charge in [-0.15, -0.1) is 0 Å². The van der Waals surface area contributed by atoms with E-state index in [1.54, 1.807) is 42.6 Å². The molecule has 2 aromatic heterocycles. The molecule has 0 aliphatic carbocycles. The van der Waals surface area contributed by atoms with Crippen LogP contribution in [0.5, 0.6) is 5.75 Å². The number of nitrogens with one attached hydrogen (secondary N) is 1. The molecule has 2 aromatic carbocycles. The number of carbonyl (C=O) groups is 1. The van der Waals surface area contributed by atoms with Crippen molar-refractivity contribution in [2.24, 2.45) is 0 Å². The SMILES string of the molecule is CC(F)(F)c1ccc(OC(=O)Nc2ccccc2-c2nc3ncccc3o2)cc1. The zero-order valence-corrected chi connectivity index (χ0v) is 15.2. The van der Waals surface area contributed by atoms with Crippen LogP contribution in [0.1, 0.15) is 12.5 Å². The fourth-order valence-electron chi connectivity index (χ4n) is 2.72. The fourth-order valence-corrected chi connectivity index (χ4v) is 2.72. The number of aromatic nitrogens is 2. The minimum atomic E-state index is -2.96. The first kappa shape index (κ1) is 18.5. The highest BCUT2D eigenvalue weighted by Crippen LogP contribution is 2.30. The number of para-hydroxylation sites is 1. The molecular weight excluding hydrogens is 380 g/mol. The zero-order valence-electron chi connectivity index (χ0n) is 15.2. The number of halogens is 2. The first-order valence-corrected chi connectivity index (χ1v) is 8.68. The lowest BCUT2D eigenvalue weighted by Crippen LogP contribution is -2.17. The topological polar surface area (TPSA) is 77.2 Å². The number of carbonyl (C=O) groups excluding carboxylic acids is 1. The molecular formula is C21H15F2N3O3. The van der Waals surface area contributed by atoms with Gasteiger partial charge >= 0.3 is 6.09 Å². The van der Waals surface area contributed by atoms with E-state index in [0.717, 1.165) is 6.92 Å². The Morgan fingerprint density at radius 3 is 2.55 bits per heavy atom. The number of anilines is 1. The number of nitrogens with zero attached hydrogens (tertiary/aromatic N) is 2. The van der Waals surface area contributed by atoms with Crippen molar-refractivity contribution < 1.29 is 22.7 Å². The lowest BCUT2D eigenvalue weighted by atomic mass is 10.1. The van der Waals surface area contributed by atoms with Gasteiger partial charge in [-0.1, -0.05) is 12.1 Å². The molecule has 0 aliphatic heterocycles. The molecule has 4 aromatic rings. The molecule has 0 atom stereocenters. The summed E-state index contributed by atoms with van der Waals surface area (Å²) >= 11 is 0. The smallest absolute Gasteiger partial charge is 0.417 e. The second-order valence-electron chi connectivity index (χ2n) is 6.32. The molecule has 0 radical (unpaired) electrons. The quantitative estimate of drug-likeness (QED) is 0.486. The van der Waals surface area contributed by atoms with Crippen LogP contribution in [0.25, 0.3) is 22.7 Å². The Labute approximate surface area is 164 Å². The Morgan fingerprint density at radius 2 is 1.83 bits per heavy atom. The maximum Gasteiger partial charge on any atom is 0.417 e. The average Bonchev–Trinajstić information content (AvgIpc) is 3.12. The second kappa shape index (κ2) is 7.31. The number of oxazole rings is 1. The summed E-state index contributed by atoms with van der Waals surface area (Å²) < 4.78 is 37.4. The van der Waals surface area contributed by atoms with Gasteiger partial charge in [-0.3, -0.25) is 5.32 Å². The monoisotopic (exact) mass is 395 g/mol. The second-order valence-corrected chi connectivity index (χ2v) is 6.32. The third kappa shape index (κ3) is 4.06. The van der Waals surface area contributed by atoms with Gasteiger partial charge in [0, 0.05) is 18.7 Å². The molecule has 29 heavy (non-hydrogen) atoms. The highest BCUT2D eigenvalue weighted by molar-refractivity contribution is 5.91. The van der Waals surface area contributed by atoms with Gasteiger partial charge in [0.25, 0.3) is 5.92 Å². The van der Waals surface area contributed by atoms with E-state index in [1.165, 1.54) is 24.3 Å². The Morgan fingerprint density at radius 1 is 1.07 bits per heavy atom. The number of ether oxygens (including phenoxy) is 1. The molecule has 0 saturated heterocycles. The summed E-state index contributed by atoms with van der Waals surface area (Å²) in [6, 6.07) is 15.4. The molecule has 0 unspecified atom stereocenters. The molecule has 146 valence electrons. The average molecular weight is 395 g/mol. The van der Waals surface area contributed by atoms with Gasteiger partial charge in [-0.25, -0.2) is 18.6 Å². The minimum absolute atomic E-state index is 0.138. The van der Waals surface area contributed by atoms with E-state index >= 15 is 0 Å². The largest absolute Gasteiger partial charge is 0.434 e. The molecule has 6 nitrogen and oxygen atoms in total. The Hall–Kier alpha value is -3.81. The van der Waals surface area contributed by atoms with Crippen LogP contribution in [0.2, 0.25) is 0 Å². The van der Waals surface area contributed by atoms with Crippen molar-refractivity contribution >= 4 is 23.0 Å². The van der Waals surface area contributed by atoms with Crippen molar-refractivity contribution in [3.8, 4) is 17.2 Å². The predicted molar refractivity (Wildman–Crippen MR) is 103 cm³/mol. The first-order chi connectivity index (χ1) is 13.9. The molecule has 1 amide bonds. The summed E-state index contributed by atoms with van der Waals surface area (Å²) in [5, 5.41) is 2.62. The maximum absolute atomic E-state index is 13.3. The van der Waals surface area contributed by atoms with Crippen molar-refractivity contribution in [2.45, 2.75) is 12.8 Å². The Balaban J connectivity index is 1.53. The molecule has 1 N–H and O–H groups in total. The Bertz CT molecular complexity index is 1130. The van der Waals surface area contributed by atoms with Gasteiger partial charge in [0.1, 0.15) is 5.75 Å². The maximum atomic E-state index is 13.3. The van der Waals surface area contributed by atoms with E-state index in [0.29, 0.717) is 28.4 Å². The van der Waals surface area contributed by atoms with E-state index in [1.807, 2.05) is 0 Å². The summed E-state index contributed by atoms with van der Waals surface area (Å²) in [4.78, 5) is 20.7. The van der Waals surface area contributed by atoms with Crippen LogP contribution >= 0.6 is 0 Å². The standard InChI is InChI=1S/C21H15F2N3O3/c1-21(22,23)13-8-10-14(11-9-13)28-20(27)25-16-6-3-2-5-15(16)19-26-18-17(29-19)7-4-12-24-18/h2-12H,1H3,(H,25,27). The van der Waals surface area contributed by atoms with Crippen molar-refractivity contribution in [1.29, 1.82) is 0 Å². The fraction of sp³-hybridized carbons (Fsp3) is 0.0952. The summed E-state index contributed by atoms with van der Waals surface area (Å²) in [5.41, 5.74) is 1.77. The number of amides is 1. The van der Waals surface area contributed by atoms with Crippen molar-refractivity contribution in [1.82, 2.24) is 9.97 Å². The summed E-state index contributed by atoms with van der Waals surface area (Å²) in [6.45, 7) is 0.800. The van der Waals surface area contributed by atoms with Gasteiger partial charge in [0.2, 0.25) is 5.89 Å². The molecule has 2 heterocycles. The van der Waals surface area contributed by atoms with Crippen molar-refractivity contribution in [3.63, 3.8) is 0 Å². The highest BCUT2D eigenvalue weighted by atomic mass is 19.3. The van der Waals surface area contributed by atoms with Crippen LogP contribution in [0.4, 0.5) is 19.3 Å². The predicted octanol–water partition coefficient (Wildman–Crippen LogP) is 5.61. The molecule has 0 spiro atoms. The lowest BCUT2D eigenvalue weighted by Gasteiger charge is -2.12. The zero-order chi connectivity index (χ0) is 20.4. The van der Waals surface area contributed by atoms with Crippen LogP contribution in [0.15, 0.2) is 71.3 Å². The number of rotatable bonds is 4. The number of hydrogen-bond donors (Lipinski definition) is 1. The van der Waals surface area contributed by atoms with E-state index in [2.05, 4.69) is 15.3 Å². The molecule has 0 saturated carbocycles. The van der Waals surface area contributed by atoms with Crippen LogP contribution < -0.4 is 10.1 Å². The van der Waals surface area contributed by atoms with Gasteiger partial charge in [0.15, 0.2) is 11.2 Å². The number of hydrogen-bond acceptors (Lipinski definition) is 5. The summed E-state index contributed by atoms with van der Waals surface area (Å²) in [5.74, 6) is -2.53. The number of pyridine rings is 1. The molecule has 0 bridgehead atoms. The number of fused-ring (bicyclic) bond motifs is 1. The van der Waals surface area contributed by atoms with E-state index in [-0.39, 0.29) is 11.3 Å². The third-order valence-electron chi connectivity index (χ3n) is 4.13. The van der Waals surface area contributed by atoms with Crippen molar-refractivity contribution in [2.75, 3.05) is 5.32 Å². The molecule has 0 aliphatic rings. The Kier molecular flexibility index (Phi) is 4.67. The number of benzene rings is 2. The summed E-state index contributed by atoms with van der Waals surface area (Å²) in [7, 11) is 0. The first-order valence-electron chi connectivity index (χ1n) is 8.68. The van der Waals surface area contributed by atoms with Gasteiger partial charge in [0.05, 0.1) is 11.3 Å².